The van der Waals surface area contributed by atoms with Gasteiger partial charge in [-0.15, -0.1) is 0 Å². The molecule has 21 heavy (non-hydrogen) atoms. The maximum Gasteiger partial charge on any atom is 0.451 e. The molecule has 0 aliphatic carbocycles. The SMILES string of the molecule is CCCCN(C)c1nc(C(F)(F)F)nc2c(F)cccc12. The van der Waals surface area contributed by atoms with Gasteiger partial charge in [-0.3, -0.25) is 0 Å². The minimum Gasteiger partial charge on any atom is -0.359 e. The van der Waals surface area contributed by atoms with Crippen LogP contribution in [0.4, 0.5) is 23.4 Å². The van der Waals surface area contributed by atoms with E-state index in [4.69, 9.17) is 0 Å². The quantitative estimate of drug-likeness (QED) is 0.799. The third-order valence-electron chi connectivity index (χ3n) is 3.12. The second kappa shape index (κ2) is 5.83. The number of benzene rings is 1. The van der Waals surface area contributed by atoms with Gasteiger partial charge in [-0.1, -0.05) is 19.4 Å². The third kappa shape index (κ3) is 3.22. The maximum atomic E-state index is 13.8. The number of alkyl halides is 3. The molecule has 2 rings (SSSR count). The predicted octanol–water partition coefficient (Wildman–Crippen LogP) is 4.02. The van der Waals surface area contributed by atoms with E-state index in [2.05, 4.69) is 9.97 Å². The Balaban J connectivity index is 2.63. The van der Waals surface area contributed by atoms with Crippen LogP contribution in [-0.2, 0) is 6.18 Å². The lowest BCUT2D eigenvalue weighted by Crippen LogP contribution is -2.22. The number of fused-ring (bicyclic) bond motifs is 1. The molecule has 1 aromatic carbocycles. The van der Waals surface area contributed by atoms with E-state index in [1.807, 2.05) is 6.92 Å². The first-order valence-electron chi connectivity index (χ1n) is 6.59. The molecule has 0 spiro atoms. The Kier molecular flexibility index (Phi) is 4.29. The van der Waals surface area contributed by atoms with E-state index >= 15 is 0 Å². The summed E-state index contributed by atoms with van der Waals surface area (Å²) in [7, 11) is 1.64. The van der Waals surface area contributed by atoms with Gasteiger partial charge in [-0.25, -0.2) is 14.4 Å². The second-order valence-electron chi connectivity index (χ2n) is 4.78. The van der Waals surface area contributed by atoms with Crippen LogP contribution < -0.4 is 4.90 Å². The van der Waals surface area contributed by atoms with Gasteiger partial charge in [0.2, 0.25) is 5.82 Å². The molecule has 0 saturated carbocycles. The number of nitrogens with zero attached hydrogens (tertiary/aromatic N) is 3. The lowest BCUT2D eigenvalue weighted by atomic mass is 10.2. The van der Waals surface area contributed by atoms with E-state index in [1.165, 1.54) is 12.1 Å². The van der Waals surface area contributed by atoms with E-state index in [0.717, 1.165) is 18.9 Å². The summed E-state index contributed by atoms with van der Waals surface area (Å²) in [6.45, 7) is 2.52. The molecule has 0 fully saturated rings. The zero-order chi connectivity index (χ0) is 15.6. The van der Waals surface area contributed by atoms with Gasteiger partial charge in [0.15, 0.2) is 0 Å². The van der Waals surface area contributed by atoms with Crippen LogP contribution in [0.1, 0.15) is 25.6 Å². The Morgan fingerprint density at radius 2 is 1.90 bits per heavy atom. The van der Waals surface area contributed by atoms with Crippen molar-refractivity contribution < 1.29 is 17.6 Å². The Hall–Kier alpha value is -1.92. The van der Waals surface area contributed by atoms with Crippen LogP contribution in [0.2, 0.25) is 0 Å². The molecule has 3 nitrogen and oxygen atoms in total. The number of aromatic nitrogens is 2. The highest BCUT2D eigenvalue weighted by Gasteiger charge is 2.36. The molecular formula is C14H15F4N3. The van der Waals surface area contributed by atoms with Crippen LogP contribution in [0.15, 0.2) is 18.2 Å². The molecule has 0 aliphatic heterocycles. The van der Waals surface area contributed by atoms with Crippen LogP contribution in [0.5, 0.6) is 0 Å². The summed E-state index contributed by atoms with van der Waals surface area (Å²) in [5, 5.41) is 0.279. The normalized spacial score (nSPS) is 11.9. The zero-order valence-corrected chi connectivity index (χ0v) is 11.7. The average Bonchev–Trinajstić information content (AvgIpc) is 2.43. The molecule has 0 N–H and O–H groups in total. The third-order valence-corrected chi connectivity index (χ3v) is 3.12. The summed E-state index contributed by atoms with van der Waals surface area (Å²) in [4.78, 5) is 8.52. The summed E-state index contributed by atoms with van der Waals surface area (Å²) < 4.78 is 52.4. The molecule has 1 heterocycles. The largest absolute Gasteiger partial charge is 0.451 e. The van der Waals surface area contributed by atoms with E-state index in [1.54, 1.807) is 11.9 Å². The number of para-hydroxylation sites is 1. The van der Waals surface area contributed by atoms with Crippen molar-refractivity contribution >= 4 is 16.7 Å². The Bertz CT molecular complexity index is 640. The number of anilines is 1. The Morgan fingerprint density at radius 1 is 1.19 bits per heavy atom. The molecule has 7 heteroatoms. The van der Waals surface area contributed by atoms with Gasteiger partial charge in [-0.05, 0) is 18.6 Å². The lowest BCUT2D eigenvalue weighted by molar-refractivity contribution is -0.144. The van der Waals surface area contributed by atoms with E-state index in [9.17, 15) is 17.6 Å². The first kappa shape index (κ1) is 15.5. The fourth-order valence-corrected chi connectivity index (χ4v) is 2.02. The average molecular weight is 301 g/mol. The molecule has 2 aromatic rings. The standard InChI is InChI=1S/C14H15F4N3/c1-3-4-8-21(2)12-9-6-5-7-10(15)11(9)19-13(20-12)14(16,17)18/h5-7H,3-4,8H2,1-2H3. The number of hydrogen-bond acceptors (Lipinski definition) is 3. The van der Waals surface area contributed by atoms with Gasteiger partial charge in [0.25, 0.3) is 0 Å². The van der Waals surface area contributed by atoms with Gasteiger partial charge in [0, 0.05) is 19.0 Å². The van der Waals surface area contributed by atoms with Crippen molar-refractivity contribution in [1.29, 1.82) is 0 Å². The van der Waals surface area contributed by atoms with Crippen molar-refractivity contribution in [3.63, 3.8) is 0 Å². The first-order chi connectivity index (χ1) is 9.84. The highest BCUT2D eigenvalue weighted by molar-refractivity contribution is 5.89. The van der Waals surface area contributed by atoms with Crippen LogP contribution in [0.25, 0.3) is 10.9 Å². The molecule has 0 unspecified atom stereocenters. The van der Waals surface area contributed by atoms with Crippen molar-refractivity contribution in [3.05, 3.63) is 29.8 Å². The number of hydrogen-bond donors (Lipinski definition) is 0. The molecule has 1 aromatic heterocycles. The van der Waals surface area contributed by atoms with Crippen molar-refractivity contribution in [2.45, 2.75) is 25.9 Å². The lowest BCUT2D eigenvalue weighted by Gasteiger charge is -2.20. The highest BCUT2D eigenvalue weighted by atomic mass is 19.4. The van der Waals surface area contributed by atoms with Crippen LogP contribution >= 0.6 is 0 Å². The second-order valence-corrected chi connectivity index (χ2v) is 4.78. The molecule has 0 saturated heterocycles. The molecule has 0 radical (unpaired) electrons. The first-order valence-corrected chi connectivity index (χ1v) is 6.59. The minimum absolute atomic E-state index is 0.0975. The monoisotopic (exact) mass is 301 g/mol. The van der Waals surface area contributed by atoms with Gasteiger partial charge in [0.05, 0.1) is 0 Å². The van der Waals surface area contributed by atoms with Crippen molar-refractivity contribution in [1.82, 2.24) is 9.97 Å². The van der Waals surface area contributed by atoms with Gasteiger partial charge < -0.3 is 4.90 Å². The fourth-order valence-electron chi connectivity index (χ4n) is 2.02. The summed E-state index contributed by atoms with van der Waals surface area (Å²) in [5.41, 5.74) is -0.307. The maximum absolute atomic E-state index is 13.8. The van der Waals surface area contributed by atoms with Crippen LogP contribution in [-0.4, -0.2) is 23.6 Å². The van der Waals surface area contributed by atoms with E-state index < -0.39 is 17.8 Å². The molecule has 114 valence electrons. The molecule has 0 atom stereocenters. The summed E-state index contributed by atoms with van der Waals surface area (Å²) in [6.07, 6.45) is -3.01. The van der Waals surface area contributed by atoms with E-state index in [-0.39, 0.29) is 16.7 Å². The minimum atomic E-state index is -4.71. The Labute approximate surface area is 119 Å². The topological polar surface area (TPSA) is 29.0 Å². The van der Waals surface area contributed by atoms with E-state index in [0.29, 0.717) is 6.54 Å². The van der Waals surface area contributed by atoms with Crippen molar-refractivity contribution in [3.8, 4) is 0 Å². The van der Waals surface area contributed by atoms with Crippen molar-refractivity contribution in [2.24, 2.45) is 0 Å². The van der Waals surface area contributed by atoms with Crippen molar-refractivity contribution in [2.75, 3.05) is 18.5 Å². The predicted molar refractivity (Wildman–Crippen MR) is 72.7 cm³/mol. The zero-order valence-electron chi connectivity index (χ0n) is 11.7. The number of halogens is 4. The number of rotatable bonds is 4. The Morgan fingerprint density at radius 3 is 2.52 bits per heavy atom. The highest BCUT2D eigenvalue weighted by Crippen LogP contribution is 2.32. The van der Waals surface area contributed by atoms with Crippen LogP contribution in [0.3, 0.4) is 0 Å². The molecule has 0 amide bonds. The smallest absolute Gasteiger partial charge is 0.359 e. The van der Waals surface area contributed by atoms with Gasteiger partial charge >= 0.3 is 6.18 Å². The summed E-state index contributed by atoms with van der Waals surface area (Å²) in [5.74, 6) is -2.01. The van der Waals surface area contributed by atoms with Gasteiger partial charge in [-0.2, -0.15) is 13.2 Å². The fraction of sp³-hybridized carbons (Fsp3) is 0.429. The molecule has 0 bridgehead atoms. The summed E-state index contributed by atoms with van der Waals surface area (Å²) >= 11 is 0. The molecule has 0 aliphatic rings. The van der Waals surface area contributed by atoms with Gasteiger partial charge in [0.1, 0.15) is 17.2 Å². The van der Waals surface area contributed by atoms with Crippen LogP contribution in [0, 0.1) is 5.82 Å². The molecular weight excluding hydrogens is 286 g/mol. The summed E-state index contributed by atoms with van der Waals surface area (Å²) in [6, 6.07) is 4.05. The number of unbranched alkanes of at least 4 members (excludes halogenated alkanes) is 1.